The van der Waals surface area contributed by atoms with Gasteiger partial charge in [0.2, 0.25) is 5.95 Å². The molecule has 8 heteroatoms. The van der Waals surface area contributed by atoms with Gasteiger partial charge in [-0.25, -0.2) is 18.4 Å². The molecule has 0 spiro atoms. The summed E-state index contributed by atoms with van der Waals surface area (Å²) in [7, 11) is -3.74. The van der Waals surface area contributed by atoms with E-state index in [0.29, 0.717) is 28.0 Å². The topological polar surface area (TPSA) is 75.2 Å². The summed E-state index contributed by atoms with van der Waals surface area (Å²) in [6, 6.07) is 6.14. The molecule has 1 fully saturated rings. The van der Waals surface area contributed by atoms with Gasteiger partial charge in [-0.2, -0.15) is 0 Å². The highest BCUT2D eigenvalue weighted by Crippen LogP contribution is 2.26. The van der Waals surface area contributed by atoms with Crippen molar-refractivity contribution >= 4 is 33.3 Å². The molecule has 0 unspecified atom stereocenters. The summed E-state index contributed by atoms with van der Waals surface area (Å²) in [5.41, 5.74) is 1.63. The molecule has 2 aromatic rings. The van der Waals surface area contributed by atoms with Crippen LogP contribution in [0, 0.1) is 13.8 Å². The largest absolute Gasteiger partial charge is 0.341 e. The van der Waals surface area contributed by atoms with Crippen molar-refractivity contribution in [2.24, 2.45) is 0 Å². The van der Waals surface area contributed by atoms with E-state index in [1.807, 2.05) is 0 Å². The van der Waals surface area contributed by atoms with Gasteiger partial charge in [0.15, 0.2) is 0 Å². The van der Waals surface area contributed by atoms with Crippen molar-refractivity contribution in [1.82, 2.24) is 9.97 Å². The van der Waals surface area contributed by atoms with Crippen LogP contribution >= 0.6 is 11.6 Å². The number of sulfonamides is 1. The summed E-state index contributed by atoms with van der Waals surface area (Å²) in [4.78, 5) is 11.2. The molecule has 0 radical (unpaired) electrons. The van der Waals surface area contributed by atoms with E-state index < -0.39 is 10.0 Å². The van der Waals surface area contributed by atoms with E-state index in [1.54, 1.807) is 26.0 Å². The third kappa shape index (κ3) is 3.47. The quantitative estimate of drug-likeness (QED) is 0.899. The van der Waals surface area contributed by atoms with E-state index in [2.05, 4.69) is 19.6 Å². The highest BCUT2D eigenvalue weighted by Gasteiger charge is 2.21. The van der Waals surface area contributed by atoms with E-state index >= 15 is 0 Å². The first-order chi connectivity index (χ1) is 11.4. The number of aromatic nitrogens is 2. The van der Waals surface area contributed by atoms with Crippen molar-refractivity contribution < 1.29 is 8.42 Å². The Labute approximate surface area is 146 Å². The first-order valence-electron chi connectivity index (χ1n) is 7.75. The van der Waals surface area contributed by atoms with Crippen LogP contribution in [0.25, 0.3) is 0 Å². The van der Waals surface area contributed by atoms with E-state index in [0.717, 1.165) is 25.9 Å². The molecule has 128 valence electrons. The van der Waals surface area contributed by atoms with Crippen LogP contribution in [0.4, 0.5) is 11.6 Å². The number of aryl methyl sites for hydroxylation is 2. The summed E-state index contributed by atoms with van der Waals surface area (Å²) in [6.45, 7) is 5.44. The Kier molecular flexibility index (Phi) is 4.64. The number of nitrogens with zero attached hydrogens (tertiary/aromatic N) is 3. The summed E-state index contributed by atoms with van der Waals surface area (Å²) in [5, 5.41) is 0.368. The Balaban J connectivity index is 1.92. The van der Waals surface area contributed by atoms with Crippen LogP contribution in [0.3, 0.4) is 0 Å². The maximum Gasteiger partial charge on any atom is 0.262 e. The Morgan fingerprint density at radius 1 is 1.12 bits per heavy atom. The molecule has 0 amide bonds. The predicted octanol–water partition coefficient (Wildman–Crippen LogP) is 3.15. The monoisotopic (exact) mass is 366 g/mol. The summed E-state index contributed by atoms with van der Waals surface area (Å²) in [6.07, 6.45) is 2.26. The predicted molar refractivity (Wildman–Crippen MR) is 95.2 cm³/mol. The molecule has 24 heavy (non-hydrogen) atoms. The molecule has 1 saturated heterocycles. The van der Waals surface area contributed by atoms with Crippen molar-refractivity contribution in [1.29, 1.82) is 0 Å². The number of hydrogen-bond donors (Lipinski definition) is 1. The number of rotatable bonds is 4. The second kappa shape index (κ2) is 6.57. The molecule has 1 aromatic heterocycles. The fourth-order valence-corrected chi connectivity index (χ4v) is 4.21. The SMILES string of the molecule is Cc1nc(N2CCCC2)nc(C)c1NS(=O)(=O)c1cccc(Cl)c1. The minimum Gasteiger partial charge on any atom is -0.341 e. The van der Waals surface area contributed by atoms with Crippen LogP contribution in [0.5, 0.6) is 0 Å². The molecule has 1 aliphatic rings. The van der Waals surface area contributed by atoms with Crippen LogP contribution in [0.1, 0.15) is 24.2 Å². The molecular formula is C16H19ClN4O2S. The minimum absolute atomic E-state index is 0.109. The fourth-order valence-electron chi connectivity index (χ4n) is 2.73. The maximum absolute atomic E-state index is 12.6. The number of halogens is 1. The van der Waals surface area contributed by atoms with Crippen molar-refractivity contribution in [2.45, 2.75) is 31.6 Å². The van der Waals surface area contributed by atoms with Gasteiger partial charge in [-0.05, 0) is 44.9 Å². The zero-order valence-corrected chi connectivity index (χ0v) is 15.2. The van der Waals surface area contributed by atoms with E-state index in [-0.39, 0.29) is 4.90 Å². The van der Waals surface area contributed by atoms with Crippen molar-refractivity contribution in [2.75, 3.05) is 22.7 Å². The van der Waals surface area contributed by atoms with Crippen molar-refractivity contribution in [3.63, 3.8) is 0 Å². The van der Waals surface area contributed by atoms with Gasteiger partial charge in [-0.1, -0.05) is 17.7 Å². The number of anilines is 2. The number of nitrogens with one attached hydrogen (secondary N) is 1. The molecule has 3 rings (SSSR count). The Hall–Kier alpha value is -1.86. The van der Waals surface area contributed by atoms with Crippen molar-refractivity contribution in [3.8, 4) is 0 Å². The van der Waals surface area contributed by atoms with Crippen LogP contribution in [-0.2, 0) is 10.0 Å². The average Bonchev–Trinajstić information content (AvgIpc) is 3.05. The molecular weight excluding hydrogens is 348 g/mol. The molecule has 0 aliphatic carbocycles. The number of benzene rings is 1. The van der Waals surface area contributed by atoms with Crippen LogP contribution in [-0.4, -0.2) is 31.5 Å². The van der Waals surface area contributed by atoms with Gasteiger partial charge in [-0.15, -0.1) is 0 Å². The van der Waals surface area contributed by atoms with Gasteiger partial charge in [0.25, 0.3) is 10.0 Å². The van der Waals surface area contributed by atoms with E-state index in [4.69, 9.17) is 11.6 Å². The van der Waals surface area contributed by atoms with Crippen LogP contribution < -0.4 is 9.62 Å². The normalized spacial score (nSPS) is 14.9. The van der Waals surface area contributed by atoms with Crippen molar-refractivity contribution in [3.05, 3.63) is 40.7 Å². The second-order valence-corrected chi connectivity index (χ2v) is 7.95. The lowest BCUT2D eigenvalue weighted by Crippen LogP contribution is -2.22. The van der Waals surface area contributed by atoms with Crippen LogP contribution in [0.2, 0.25) is 5.02 Å². The Morgan fingerprint density at radius 2 is 1.75 bits per heavy atom. The molecule has 0 bridgehead atoms. The van der Waals surface area contributed by atoms with E-state index in [9.17, 15) is 8.42 Å². The molecule has 1 aliphatic heterocycles. The van der Waals surface area contributed by atoms with E-state index in [1.165, 1.54) is 12.1 Å². The maximum atomic E-state index is 12.6. The lowest BCUT2D eigenvalue weighted by atomic mass is 10.3. The molecule has 6 nitrogen and oxygen atoms in total. The standard InChI is InChI=1S/C16H19ClN4O2S/c1-11-15(12(2)19-16(18-11)21-8-3-4-9-21)20-24(22,23)14-7-5-6-13(17)10-14/h5-7,10,20H,3-4,8-9H2,1-2H3. The third-order valence-electron chi connectivity index (χ3n) is 3.99. The Morgan fingerprint density at radius 3 is 2.33 bits per heavy atom. The van der Waals surface area contributed by atoms with Gasteiger partial charge in [-0.3, -0.25) is 4.72 Å². The summed E-state index contributed by atoms with van der Waals surface area (Å²) in [5.74, 6) is 0.660. The fraction of sp³-hybridized carbons (Fsp3) is 0.375. The molecule has 2 heterocycles. The first kappa shape index (κ1) is 17.0. The Bertz CT molecular complexity index is 841. The third-order valence-corrected chi connectivity index (χ3v) is 5.57. The minimum atomic E-state index is -3.74. The average molecular weight is 367 g/mol. The molecule has 0 atom stereocenters. The smallest absolute Gasteiger partial charge is 0.262 e. The van der Waals surface area contributed by atoms with Gasteiger partial charge in [0, 0.05) is 18.1 Å². The second-order valence-electron chi connectivity index (χ2n) is 5.83. The molecule has 1 N–H and O–H groups in total. The zero-order chi connectivity index (χ0) is 17.3. The zero-order valence-electron chi connectivity index (χ0n) is 13.6. The first-order valence-corrected chi connectivity index (χ1v) is 9.61. The summed E-state index contributed by atoms with van der Waals surface area (Å²) < 4.78 is 27.7. The highest BCUT2D eigenvalue weighted by atomic mass is 35.5. The highest BCUT2D eigenvalue weighted by molar-refractivity contribution is 7.92. The van der Waals surface area contributed by atoms with Gasteiger partial charge in [0.1, 0.15) is 0 Å². The van der Waals surface area contributed by atoms with Crippen LogP contribution in [0.15, 0.2) is 29.2 Å². The lowest BCUT2D eigenvalue weighted by Gasteiger charge is -2.19. The van der Waals surface area contributed by atoms with Gasteiger partial charge in [0.05, 0.1) is 22.0 Å². The number of hydrogen-bond acceptors (Lipinski definition) is 5. The van der Waals surface area contributed by atoms with Gasteiger partial charge < -0.3 is 4.90 Å². The molecule has 0 saturated carbocycles. The van der Waals surface area contributed by atoms with Gasteiger partial charge >= 0.3 is 0 Å². The summed E-state index contributed by atoms with van der Waals surface area (Å²) >= 11 is 5.89. The molecule has 1 aromatic carbocycles. The lowest BCUT2D eigenvalue weighted by molar-refractivity contribution is 0.601.